The van der Waals surface area contributed by atoms with Crippen LogP contribution in [0.5, 0.6) is 0 Å². The highest BCUT2D eigenvalue weighted by atomic mass is 35.5. The quantitative estimate of drug-likeness (QED) is 0.581. The first-order valence-electron chi connectivity index (χ1n) is 8.05. The molecule has 2 aromatic carbocycles. The molecule has 0 aliphatic carbocycles. The Balaban J connectivity index is 2.10. The predicted octanol–water partition coefficient (Wildman–Crippen LogP) is 4.62. The first-order chi connectivity index (χ1) is 12.9. The molecule has 0 unspecified atom stereocenters. The smallest absolute Gasteiger partial charge is 0.246 e. The van der Waals surface area contributed by atoms with E-state index in [1.165, 1.54) is 22.7 Å². The number of carbonyl (C=O) groups excluding carboxylic acids is 1. The molecule has 0 saturated carbocycles. The van der Waals surface area contributed by atoms with E-state index < -0.39 is 0 Å². The minimum atomic E-state index is -0.291. The third-order valence-corrected chi connectivity index (χ3v) is 5.78. The molecule has 144 valence electrons. The average molecular weight is 447 g/mol. The van der Waals surface area contributed by atoms with Gasteiger partial charge in [-0.25, -0.2) is 0 Å². The Morgan fingerprint density at radius 1 is 0.963 bits per heavy atom. The van der Waals surface area contributed by atoms with Crippen molar-refractivity contribution < 1.29 is 15.0 Å². The molecule has 4 nitrogen and oxygen atoms in total. The minimum Gasteiger partial charge on any atom is -0.395 e. The van der Waals surface area contributed by atoms with E-state index in [1.807, 2.05) is 18.2 Å². The molecule has 2 N–H and O–H groups in total. The second-order valence-electron chi connectivity index (χ2n) is 5.47. The number of benzene rings is 2. The fourth-order valence-corrected chi connectivity index (χ4v) is 3.88. The van der Waals surface area contributed by atoms with Crippen molar-refractivity contribution >= 4 is 58.5 Å². The van der Waals surface area contributed by atoms with Crippen LogP contribution < -0.4 is 0 Å². The molecule has 8 heteroatoms. The lowest BCUT2D eigenvalue weighted by Crippen LogP contribution is -2.34. The average Bonchev–Trinajstić information content (AvgIpc) is 2.63. The summed E-state index contributed by atoms with van der Waals surface area (Å²) in [6.45, 7) is 0.0129. The Bertz CT molecular complexity index is 824. The van der Waals surface area contributed by atoms with Gasteiger partial charge in [-0.2, -0.15) is 0 Å². The summed E-state index contributed by atoms with van der Waals surface area (Å²) in [5, 5.41) is 19.6. The number of aliphatic hydroxyl groups excluding tert-OH is 2. The maximum Gasteiger partial charge on any atom is 0.246 e. The fraction of sp³-hybridized carbons (Fsp3) is 0.211. The Kier molecular flexibility index (Phi) is 8.96. The van der Waals surface area contributed by atoms with Crippen LogP contribution >= 0.6 is 46.6 Å². The van der Waals surface area contributed by atoms with Gasteiger partial charge in [0.1, 0.15) is 0 Å². The molecule has 0 atom stereocenters. The first-order valence-corrected chi connectivity index (χ1v) is 10.0. The number of aliphatic hydroxyl groups is 2. The summed E-state index contributed by atoms with van der Waals surface area (Å²) < 4.78 is 0. The van der Waals surface area contributed by atoms with Crippen molar-refractivity contribution in [3.05, 3.63) is 63.1 Å². The maximum absolute atomic E-state index is 12.1. The van der Waals surface area contributed by atoms with E-state index in [2.05, 4.69) is 0 Å². The molecular weight excluding hydrogens is 429 g/mol. The molecule has 0 spiro atoms. The van der Waals surface area contributed by atoms with Gasteiger partial charge in [0.15, 0.2) is 0 Å². The normalized spacial score (nSPS) is 11.1. The lowest BCUT2D eigenvalue weighted by atomic mass is 10.2. The molecule has 1 amide bonds. The summed E-state index contributed by atoms with van der Waals surface area (Å²) in [5.74, 6) is -0.291. The molecule has 0 bridgehead atoms. The summed E-state index contributed by atoms with van der Waals surface area (Å²) in [7, 11) is 0. The van der Waals surface area contributed by atoms with Gasteiger partial charge in [-0.15, -0.1) is 0 Å². The van der Waals surface area contributed by atoms with E-state index in [4.69, 9.17) is 45.0 Å². The van der Waals surface area contributed by atoms with Crippen LogP contribution in [0.1, 0.15) is 5.56 Å². The zero-order valence-corrected chi connectivity index (χ0v) is 17.3. The summed E-state index contributed by atoms with van der Waals surface area (Å²) in [6.07, 6.45) is 3.03. The van der Waals surface area contributed by atoms with E-state index in [9.17, 15) is 4.79 Å². The fourth-order valence-electron chi connectivity index (χ4n) is 2.23. The molecule has 2 aromatic rings. The topological polar surface area (TPSA) is 60.8 Å². The van der Waals surface area contributed by atoms with Crippen molar-refractivity contribution in [3.63, 3.8) is 0 Å². The molecule has 0 saturated heterocycles. The van der Waals surface area contributed by atoms with Gasteiger partial charge in [0.2, 0.25) is 5.91 Å². The number of halogens is 3. The van der Waals surface area contributed by atoms with Crippen LogP contribution in [0.15, 0.2) is 52.3 Å². The molecule has 27 heavy (non-hydrogen) atoms. The maximum atomic E-state index is 12.1. The van der Waals surface area contributed by atoms with Crippen LogP contribution in [0.25, 0.3) is 6.08 Å². The van der Waals surface area contributed by atoms with Crippen LogP contribution in [0.2, 0.25) is 15.1 Å². The third kappa shape index (κ3) is 6.71. The molecule has 0 aromatic heterocycles. The van der Waals surface area contributed by atoms with E-state index in [1.54, 1.807) is 24.3 Å². The standard InChI is InChI=1S/C19H18Cl3NO3S/c20-14-3-5-18(16(22)12-14)27-17-4-1-13(11-15(17)21)2-6-19(26)23(7-9-24)8-10-25/h1-6,11-12,24-25H,7-10H2/b6-2+. The highest BCUT2D eigenvalue weighted by molar-refractivity contribution is 7.99. The predicted molar refractivity (Wildman–Crippen MR) is 112 cm³/mol. The molecule has 0 aliphatic heterocycles. The highest BCUT2D eigenvalue weighted by Crippen LogP contribution is 2.38. The van der Waals surface area contributed by atoms with Crippen LogP contribution in [0.4, 0.5) is 0 Å². The second kappa shape index (κ2) is 11.0. The van der Waals surface area contributed by atoms with Gasteiger partial charge >= 0.3 is 0 Å². The Morgan fingerprint density at radius 3 is 2.11 bits per heavy atom. The van der Waals surface area contributed by atoms with E-state index in [-0.39, 0.29) is 32.2 Å². The van der Waals surface area contributed by atoms with E-state index >= 15 is 0 Å². The van der Waals surface area contributed by atoms with Crippen LogP contribution in [0.3, 0.4) is 0 Å². The van der Waals surface area contributed by atoms with Gasteiger partial charge in [0, 0.05) is 34.0 Å². The molecule has 0 radical (unpaired) electrons. The lowest BCUT2D eigenvalue weighted by molar-refractivity contribution is -0.126. The zero-order chi connectivity index (χ0) is 19.8. The number of amides is 1. The van der Waals surface area contributed by atoms with E-state index in [0.29, 0.717) is 15.1 Å². The van der Waals surface area contributed by atoms with Gasteiger partial charge in [-0.1, -0.05) is 52.6 Å². The summed E-state index contributed by atoms with van der Waals surface area (Å²) in [5.41, 5.74) is 0.757. The largest absolute Gasteiger partial charge is 0.395 e. The van der Waals surface area contributed by atoms with Crippen LogP contribution in [-0.2, 0) is 4.79 Å². The van der Waals surface area contributed by atoms with E-state index in [0.717, 1.165) is 15.4 Å². The van der Waals surface area contributed by atoms with Crippen molar-refractivity contribution in [3.8, 4) is 0 Å². The molecule has 2 rings (SSSR count). The number of nitrogens with zero attached hydrogens (tertiary/aromatic N) is 1. The van der Waals surface area contributed by atoms with Gasteiger partial charge in [-0.3, -0.25) is 4.79 Å². The Hall–Kier alpha value is -1.21. The Labute approximate surface area is 177 Å². The number of hydrogen-bond acceptors (Lipinski definition) is 4. The first kappa shape index (κ1) is 22.1. The van der Waals surface area contributed by atoms with Gasteiger partial charge in [-0.05, 0) is 42.0 Å². The lowest BCUT2D eigenvalue weighted by Gasteiger charge is -2.18. The summed E-state index contributed by atoms with van der Waals surface area (Å²) in [6, 6.07) is 10.7. The Morgan fingerprint density at radius 2 is 1.56 bits per heavy atom. The molecular formula is C19H18Cl3NO3S. The number of hydrogen-bond donors (Lipinski definition) is 2. The molecule has 0 heterocycles. The zero-order valence-electron chi connectivity index (χ0n) is 14.2. The number of carbonyl (C=O) groups is 1. The van der Waals surface area contributed by atoms with Crippen LogP contribution in [-0.4, -0.2) is 47.3 Å². The molecule has 0 aliphatic rings. The van der Waals surface area contributed by atoms with Crippen molar-refractivity contribution in [1.82, 2.24) is 4.90 Å². The van der Waals surface area contributed by atoms with Crippen molar-refractivity contribution in [2.45, 2.75) is 9.79 Å². The monoisotopic (exact) mass is 445 g/mol. The summed E-state index contributed by atoms with van der Waals surface area (Å²) >= 11 is 19.9. The van der Waals surface area contributed by atoms with Gasteiger partial charge in [0.05, 0.1) is 23.3 Å². The summed E-state index contributed by atoms with van der Waals surface area (Å²) in [4.78, 5) is 15.1. The highest BCUT2D eigenvalue weighted by Gasteiger charge is 2.10. The van der Waals surface area contributed by atoms with Gasteiger partial charge < -0.3 is 15.1 Å². The third-order valence-electron chi connectivity index (χ3n) is 3.54. The van der Waals surface area contributed by atoms with Crippen molar-refractivity contribution in [2.24, 2.45) is 0 Å². The number of rotatable bonds is 8. The minimum absolute atomic E-state index is 0.162. The SMILES string of the molecule is O=C(/C=C/c1ccc(Sc2ccc(Cl)cc2Cl)c(Cl)c1)N(CCO)CCO. The molecule has 0 fully saturated rings. The van der Waals surface area contributed by atoms with Crippen molar-refractivity contribution in [2.75, 3.05) is 26.3 Å². The van der Waals surface area contributed by atoms with Gasteiger partial charge in [0.25, 0.3) is 0 Å². The van der Waals surface area contributed by atoms with Crippen LogP contribution in [0, 0.1) is 0 Å². The van der Waals surface area contributed by atoms with Crippen molar-refractivity contribution in [1.29, 1.82) is 0 Å². The second-order valence-corrected chi connectivity index (χ2v) is 7.81.